The molecule has 48 valence electrons. The number of carbonyl (C=O) groups is 1. The molecule has 0 spiro atoms. The highest BCUT2D eigenvalue weighted by molar-refractivity contribution is 6.34. The maximum absolute atomic E-state index is 10.9. The van der Waals surface area contributed by atoms with E-state index in [2.05, 4.69) is 12.2 Å². The number of hydrogen-bond acceptors (Lipinski definition) is 1. The Morgan fingerprint density at radius 1 is 1.67 bits per heavy atom. The van der Waals surface area contributed by atoms with Gasteiger partial charge in [-0.25, -0.2) is 0 Å². The van der Waals surface area contributed by atoms with Crippen molar-refractivity contribution >= 4 is 17.4 Å². The van der Waals surface area contributed by atoms with Crippen LogP contribution in [0.4, 0.5) is 0 Å². The van der Waals surface area contributed by atoms with Crippen LogP contribution in [0.1, 0.15) is 6.42 Å². The molecule has 0 amide bonds. The lowest BCUT2D eigenvalue weighted by Gasteiger charge is -2.33. The van der Waals surface area contributed by atoms with Crippen molar-refractivity contribution in [3.05, 3.63) is 12.2 Å². The van der Waals surface area contributed by atoms with Gasteiger partial charge < -0.3 is 0 Å². The lowest BCUT2D eigenvalue weighted by molar-refractivity contribution is -0.130. The zero-order valence-corrected chi connectivity index (χ0v) is 5.64. The molecule has 2 aliphatic rings. The van der Waals surface area contributed by atoms with E-state index in [0.29, 0.717) is 5.92 Å². The summed E-state index contributed by atoms with van der Waals surface area (Å²) in [6, 6.07) is 0. The lowest BCUT2D eigenvalue weighted by Crippen LogP contribution is -2.45. The minimum Gasteiger partial charge on any atom is -0.298 e. The second-order valence-corrected chi connectivity index (χ2v) is 3.12. The van der Waals surface area contributed by atoms with Gasteiger partial charge >= 0.3 is 0 Å². The number of allylic oxidation sites excluding steroid dienone is 2. The molecule has 0 bridgehead atoms. The summed E-state index contributed by atoms with van der Waals surface area (Å²) < 4.78 is 0. The van der Waals surface area contributed by atoms with Gasteiger partial charge in [0, 0.05) is 11.8 Å². The largest absolute Gasteiger partial charge is 0.298 e. The van der Waals surface area contributed by atoms with Crippen molar-refractivity contribution in [3.63, 3.8) is 0 Å². The third kappa shape index (κ3) is 0.531. The Labute approximate surface area is 58.7 Å². The fourth-order valence-corrected chi connectivity index (χ4v) is 1.98. The molecular formula is C7H7ClO. The topological polar surface area (TPSA) is 17.1 Å². The highest BCUT2D eigenvalue weighted by atomic mass is 35.5. The van der Waals surface area contributed by atoms with Crippen LogP contribution in [-0.2, 0) is 4.79 Å². The third-order valence-electron chi connectivity index (χ3n) is 2.19. The van der Waals surface area contributed by atoms with E-state index in [1.165, 1.54) is 0 Å². The van der Waals surface area contributed by atoms with E-state index in [1.807, 2.05) is 0 Å². The minimum absolute atomic E-state index is 0.200. The fraction of sp³-hybridized carbons (Fsp3) is 0.571. The normalized spacial score (nSPS) is 46.8. The van der Waals surface area contributed by atoms with E-state index in [9.17, 15) is 4.79 Å². The Balaban J connectivity index is 2.21. The first-order valence-corrected chi connectivity index (χ1v) is 3.59. The second-order valence-electron chi connectivity index (χ2n) is 2.65. The van der Waals surface area contributed by atoms with Gasteiger partial charge in [0.1, 0.15) is 0 Å². The summed E-state index contributed by atoms with van der Waals surface area (Å²) in [5, 5.41) is -0.200. The van der Waals surface area contributed by atoms with Crippen LogP contribution >= 0.6 is 11.6 Å². The summed E-state index contributed by atoms with van der Waals surface area (Å²) in [4.78, 5) is 10.9. The van der Waals surface area contributed by atoms with E-state index in [4.69, 9.17) is 11.6 Å². The number of hydrogen-bond donors (Lipinski definition) is 0. The van der Waals surface area contributed by atoms with Gasteiger partial charge in [0.25, 0.3) is 0 Å². The van der Waals surface area contributed by atoms with Gasteiger partial charge in [0.15, 0.2) is 5.78 Å². The number of ketones is 1. The summed E-state index contributed by atoms with van der Waals surface area (Å²) in [6.07, 6.45) is 5.03. The molecule has 9 heavy (non-hydrogen) atoms. The summed E-state index contributed by atoms with van der Waals surface area (Å²) in [5.74, 6) is 0.873. The number of alkyl halides is 1. The van der Waals surface area contributed by atoms with E-state index < -0.39 is 0 Å². The summed E-state index contributed by atoms with van der Waals surface area (Å²) in [7, 11) is 0. The fourth-order valence-electron chi connectivity index (χ4n) is 1.56. The van der Waals surface area contributed by atoms with Gasteiger partial charge in [-0.3, -0.25) is 4.79 Å². The van der Waals surface area contributed by atoms with E-state index >= 15 is 0 Å². The predicted octanol–water partition coefficient (Wildman–Crippen LogP) is 1.37. The van der Waals surface area contributed by atoms with Crippen molar-refractivity contribution in [2.45, 2.75) is 11.8 Å². The van der Waals surface area contributed by atoms with Gasteiger partial charge in [-0.2, -0.15) is 0 Å². The molecule has 1 nitrogen and oxygen atoms in total. The van der Waals surface area contributed by atoms with Crippen LogP contribution < -0.4 is 0 Å². The van der Waals surface area contributed by atoms with Gasteiger partial charge in [0.05, 0.1) is 5.38 Å². The molecule has 3 atom stereocenters. The van der Waals surface area contributed by atoms with Crippen molar-refractivity contribution in [3.8, 4) is 0 Å². The summed E-state index contributed by atoms with van der Waals surface area (Å²) in [6.45, 7) is 0. The van der Waals surface area contributed by atoms with E-state index in [-0.39, 0.29) is 17.1 Å². The molecule has 0 N–H and O–H groups in total. The first-order valence-electron chi connectivity index (χ1n) is 3.15. The maximum Gasteiger partial charge on any atom is 0.155 e. The number of fused-ring (bicyclic) bond motifs is 1. The molecule has 0 aromatic rings. The molecule has 0 aromatic carbocycles. The molecule has 0 aliphatic heterocycles. The summed E-state index contributed by atoms with van der Waals surface area (Å²) in [5.41, 5.74) is 0. The molecular weight excluding hydrogens is 136 g/mol. The maximum atomic E-state index is 10.9. The molecule has 2 rings (SSSR count). The van der Waals surface area contributed by atoms with Crippen molar-refractivity contribution in [2.24, 2.45) is 11.8 Å². The Morgan fingerprint density at radius 2 is 2.44 bits per heavy atom. The first-order chi connectivity index (χ1) is 4.30. The zero-order chi connectivity index (χ0) is 6.43. The molecule has 0 radical (unpaired) electrons. The highest BCUT2D eigenvalue weighted by Crippen LogP contribution is 2.42. The molecule has 1 fully saturated rings. The van der Waals surface area contributed by atoms with Crippen molar-refractivity contribution in [1.82, 2.24) is 0 Å². The highest BCUT2D eigenvalue weighted by Gasteiger charge is 2.48. The zero-order valence-electron chi connectivity index (χ0n) is 4.88. The van der Waals surface area contributed by atoms with E-state index in [1.54, 1.807) is 0 Å². The Morgan fingerprint density at radius 3 is 3.11 bits per heavy atom. The number of Topliss-reactive ketones (excluding diaryl/α,β-unsaturated/α-hetero) is 1. The van der Waals surface area contributed by atoms with Crippen molar-refractivity contribution in [2.75, 3.05) is 0 Å². The average Bonchev–Trinajstić information content (AvgIpc) is 2.30. The van der Waals surface area contributed by atoms with Crippen LogP contribution in [0.25, 0.3) is 0 Å². The van der Waals surface area contributed by atoms with Crippen LogP contribution in [0.2, 0.25) is 0 Å². The third-order valence-corrected chi connectivity index (χ3v) is 2.69. The van der Waals surface area contributed by atoms with Crippen LogP contribution in [0.15, 0.2) is 12.2 Å². The van der Waals surface area contributed by atoms with Crippen LogP contribution in [0, 0.1) is 11.8 Å². The van der Waals surface area contributed by atoms with E-state index in [0.717, 1.165) is 6.42 Å². The Bertz CT molecular complexity index is 185. The minimum atomic E-state index is -0.200. The molecule has 2 aliphatic carbocycles. The predicted molar refractivity (Wildman–Crippen MR) is 35.4 cm³/mol. The van der Waals surface area contributed by atoms with Gasteiger partial charge in [-0.05, 0) is 6.42 Å². The molecule has 2 heteroatoms. The second kappa shape index (κ2) is 1.60. The van der Waals surface area contributed by atoms with Crippen LogP contribution in [-0.4, -0.2) is 11.2 Å². The number of halogens is 1. The van der Waals surface area contributed by atoms with Crippen LogP contribution in [0.3, 0.4) is 0 Å². The van der Waals surface area contributed by atoms with Gasteiger partial charge in [-0.1, -0.05) is 12.2 Å². The first kappa shape index (κ1) is 5.48. The van der Waals surface area contributed by atoms with Crippen molar-refractivity contribution < 1.29 is 4.79 Å². The van der Waals surface area contributed by atoms with Gasteiger partial charge in [-0.15, -0.1) is 11.6 Å². The molecule has 0 saturated heterocycles. The standard InChI is InChI=1S/C7H7ClO/c8-6-4-2-1-3-5(4)7(6)9/h1-2,4-6H,3H2/t4-,5+,6?/m0/s1. The molecule has 1 saturated carbocycles. The Kier molecular flexibility index (Phi) is 0.974. The number of carbonyl (C=O) groups excluding carboxylic acids is 1. The lowest BCUT2D eigenvalue weighted by atomic mass is 9.74. The van der Waals surface area contributed by atoms with Crippen molar-refractivity contribution in [1.29, 1.82) is 0 Å². The average molecular weight is 143 g/mol. The van der Waals surface area contributed by atoms with Gasteiger partial charge in [0.2, 0.25) is 0 Å². The Hall–Kier alpha value is -0.300. The summed E-state index contributed by atoms with van der Waals surface area (Å²) >= 11 is 5.70. The molecule has 0 aromatic heterocycles. The molecule has 1 unspecified atom stereocenters. The number of rotatable bonds is 0. The quantitative estimate of drug-likeness (QED) is 0.369. The smallest absolute Gasteiger partial charge is 0.155 e. The molecule has 0 heterocycles. The van der Waals surface area contributed by atoms with Crippen LogP contribution in [0.5, 0.6) is 0 Å². The SMILES string of the molecule is O=C1C(Cl)[C@H]2C=CC[C@@H]12. The monoisotopic (exact) mass is 142 g/mol.